The van der Waals surface area contributed by atoms with Crippen LogP contribution in [0.4, 0.5) is 11.4 Å². The van der Waals surface area contributed by atoms with E-state index in [1.54, 1.807) is 48.5 Å². The molecule has 0 aliphatic carbocycles. The van der Waals surface area contributed by atoms with Gasteiger partial charge >= 0.3 is 0 Å². The Morgan fingerprint density at radius 1 is 1.07 bits per heavy atom. The van der Waals surface area contributed by atoms with Crippen LogP contribution in [-0.2, 0) is 20.8 Å². The molecule has 8 heteroatoms. The van der Waals surface area contributed by atoms with Crippen molar-refractivity contribution in [2.45, 2.75) is 12.8 Å². The second kappa shape index (κ2) is 7.84. The van der Waals surface area contributed by atoms with Gasteiger partial charge in [-0.25, -0.2) is 4.99 Å². The number of pyridine rings is 1. The Hall–Kier alpha value is -3.91. The predicted octanol–water partition coefficient (Wildman–Crippen LogP) is 1.63. The molecular formula is C22H18N4O4. The molecule has 2 aromatic carbocycles. The van der Waals surface area contributed by atoms with Gasteiger partial charge in [0.05, 0.1) is 18.7 Å². The van der Waals surface area contributed by atoms with Crippen molar-refractivity contribution in [1.82, 2.24) is 4.98 Å². The summed E-state index contributed by atoms with van der Waals surface area (Å²) >= 11 is 0. The van der Waals surface area contributed by atoms with Crippen LogP contribution in [0.25, 0.3) is 10.9 Å². The molecule has 150 valence electrons. The van der Waals surface area contributed by atoms with E-state index in [-0.39, 0.29) is 24.5 Å². The number of Topliss-reactive ketones (excluding diaryl/α,β-unsaturated/α-hetero) is 2. The zero-order valence-corrected chi connectivity index (χ0v) is 15.9. The molecule has 8 nitrogen and oxygen atoms in total. The highest BCUT2D eigenvalue weighted by Crippen LogP contribution is 2.27. The van der Waals surface area contributed by atoms with Crippen molar-refractivity contribution in [3.05, 3.63) is 70.5 Å². The summed E-state index contributed by atoms with van der Waals surface area (Å²) in [5, 5.41) is 0.666. The van der Waals surface area contributed by atoms with Crippen LogP contribution in [0.2, 0.25) is 0 Å². The van der Waals surface area contributed by atoms with Crippen LogP contribution >= 0.6 is 0 Å². The lowest BCUT2D eigenvalue weighted by Gasteiger charge is -2.25. The van der Waals surface area contributed by atoms with Gasteiger partial charge in [-0.05, 0) is 23.8 Å². The van der Waals surface area contributed by atoms with Crippen molar-refractivity contribution in [3.8, 4) is 0 Å². The third kappa shape index (κ3) is 3.56. The van der Waals surface area contributed by atoms with E-state index in [0.29, 0.717) is 16.6 Å². The standard InChI is InChI=1S/C22H18N4O4/c23-12-15(27)11-20(29)26(18-9-13-5-1-4-8-17(13)25-22(18)30)21-19(28)10-14-6-2-3-7-16(14)24-21/h1-9H,10-12,23H2,(H,25,30). The molecule has 1 aliphatic heterocycles. The summed E-state index contributed by atoms with van der Waals surface area (Å²) in [6, 6.07) is 15.6. The number of aromatic nitrogens is 1. The summed E-state index contributed by atoms with van der Waals surface area (Å²) in [4.78, 5) is 58.5. The zero-order chi connectivity index (χ0) is 21.3. The fourth-order valence-electron chi connectivity index (χ4n) is 3.36. The lowest BCUT2D eigenvalue weighted by atomic mass is 10.0. The second-order valence-electron chi connectivity index (χ2n) is 6.88. The van der Waals surface area contributed by atoms with Crippen LogP contribution in [0.15, 0.2) is 64.4 Å². The molecule has 0 fully saturated rings. The SMILES string of the molecule is NCC(=O)CC(=O)N(C1=Nc2ccccc2CC1=O)c1cc2ccccc2[nH]c1=O. The first-order valence-electron chi connectivity index (χ1n) is 9.34. The molecule has 3 N–H and O–H groups in total. The number of aromatic amines is 1. The Kier molecular flexibility index (Phi) is 5.07. The number of hydrogen-bond donors (Lipinski definition) is 2. The van der Waals surface area contributed by atoms with E-state index in [1.165, 1.54) is 6.07 Å². The van der Waals surface area contributed by atoms with Gasteiger partial charge in [0.1, 0.15) is 5.69 Å². The van der Waals surface area contributed by atoms with Crippen molar-refractivity contribution >= 4 is 45.6 Å². The summed E-state index contributed by atoms with van der Waals surface area (Å²) in [6.45, 7) is -0.323. The van der Waals surface area contributed by atoms with Crippen LogP contribution in [-0.4, -0.2) is 34.8 Å². The van der Waals surface area contributed by atoms with E-state index in [2.05, 4.69) is 9.98 Å². The molecular weight excluding hydrogens is 384 g/mol. The normalized spacial score (nSPS) is 13.0. The van der Waals surface area contributed by atoms with Gasteiger partial charge in [0, 0.05) is 17.3 Å². The first-order chi connectivity index (χ1) is 14.5. The summed E-state index contributed by atoms with van der Waals surface area (Å²) in [5.74, 6) is -1.86. The third-order valence-electron chi connectivity index (χ3n) is 4.83. The third-order valence-corrected chi connectivity index (χ3v) is 4.83. The maximum absolute atomic E-state index is 13.0. The number of fused-ring (bicyclic) bond motifs is 2. The molecule has 0 unspecified atom stereocenters. The summed E-state index contributed by atoms with van der Waals surface area (Å²) in [6.07, 6.45) is -0.508. The molecule has 4 rings (SSSR count). The molecule has 0 bridgehead atoms. The second-order valence-corrected chi connectivity index (χ2v) is 6.88. The van der Waals surface area contributed by atoms with Gasteiger partial charge < -0.3 is 10.7 Å². The predicted molar refractivity (Wildman–Crippen MR) is 113 cm³/mol. The van der Waals surface area contributed by atoms with E-state index >= 15 is 0 Å². The molecule has 1 aromatic heterocycles. The van der Waals surface area contributed by atoms with E-state index in [0.717, 1.165) is 10.5 Å². The number of carbonyl (C=O) groups excluding carboxylic acids is 3. The summed E-state index contributed by atoms with van der Waals surface area (Å²) < 4.78 is 0. The van der Waals surface area contributed by atoms with E-state index in [9.17, 15) is 19.2 Å². The average Bonchev–Trinajstić information content (AvgIpc) is 2.74. The summed E-state index contributed by atoms with van der Waals surface area (Å²) in [7, 11) is 0. The molecule has 1 aliphatic rings. The van der Waals surface area contributed by atoms with Gasteiger partial charge in [0.25, 0.3) is 5.56 Å². The number of rotatable bonds is 4. The lowest BCUT2D eigenvalue weighted by Crippen LogP contribution is -2.46. The van der Waals surface area contributed by atoms with Crippen molar-refractivity contribution < 1.29 is 14.4 Å². The Morgan fingerprint density at radius 2 is 1.80 bits per heavy atom. The number of amidine groups is 1. The van der Waals surface area contributed by atoms with E-state index in [4.69, 9.17) is 5.73 Å². The first kappa shape index (κ1) is 19.4. The Bertz CT molecular complexity index is 1280. The van der Waals surface area contributed by atoms with Gasteiger partial charge in [-0.15, -0.1) is 0 Å². The maximum Gasteiger partial charge on any atom is 0.272 e. The Morgan fingerprint density at radius 3 is 2.60 bits per heavy atom. The first-order valence-corrected chi connectivity index (χ1v) is 9.34. The molecule has 0 saturated heterocycles. The van der Waals surface area contributed by atoms with Crippen molar-refractivity contribution in [3.63, 3.8) is 0 Å². The van der Waals surface area contributed by atoms with Crippen molar-refractivity contribution in [1.29, 1.82) is 0 Å². The number of para-hydroxylation sites is 2. The molecule has 1 amide bonds. The summed E-state index contributed by atoms with van der Waals surface area (Å²) in [5.41, 5.74) is 6.54. The zero-order valence-electron chi connectivity index (χ0n) is 15.9. The number of ketones is 2. The number of nitrogens with zero attached hydrogens (tertiary/aromatic N) is 2. The molecule has 0 radical (unpaired) electrons. The van der Waals surface area contributed by atoms with Gasteiger partial charge in [-0.2, -0.15) is 0 Å². The van der Waals surface area contributed by atoms with Crippen LogP contribution in [0.5, 0.6) is 0 Å². The molecule has 0 atom stereocenters. The van der Waals surface area contributed by atoms with Gasteiger partial charge in [-0.1, -0.05) is 36.4 Å². The Balaban J connectivity index is 1.90. The smallest absolute Gasteiger partial charge is 0.272 e. The Labute approximate surface area is 171 Å². The number of nitrogens with one attached hydrogen (secondary N) is 1. The highest BCUT2D eigenvalue weighted by molar-refractivity contribution is 6.50. The minimum atomic E-state index is -0.738. The number of amides is 1. The minimum Gasteiger partial charge on any atom is -0.324 e. The van der Waals surface area contributed by atoms with Gasteiger partial charge in [0.15, 0.2) is 11.6 Å². The maximum atomic E-state index is 13.0. The topological polar surface area (TPSA) is 126 Å². The average molecular weight is 402 g/mol. The highest BCUT2D eigenvalue weighted by Gasteiger charge is 2.32. The monoisotopic (exact) mass is 402 g/mol. The number of hydrogen-bond acceptors (Lipinski definition) is 6. The van der Waals surface area contributed by atoms with Crippen LogP contribution in [0, 0.1) is 0 Å². The fraction of sp³-hybridized carbons (Fsp3) is 0.136. The lowest BCUT2D eigenvalue weighted by molar-refractivity contribution is -0.126. The molecule has 30 heavy (non-hydrogen) atoms. The number of benzene rings is 2. The largest absolute Gasteiger partial charge is 0.324 e. The van der Waals surface area contributed by atoms with Crippen LogP contribution < -0.4 is 16.2 Å². The van der Waals surface area contributed by atoms with Gasteiger partial charge in [0.2, 0.25) is 11.7 Å². The number of H-pyrrole nitrogens is 1. The van der Waals surface area contributed by atoms with Gasteiger partial charge in [-0.3, -0.25) is 24.1 Å². The number of carbonyl (C=O) groups is 3. The van der Waals surface area contributed by atoms with E-state index in [1.807, 2.05) is 0 Å². The number of anilines is 1. The minimum absolute atomic E-state index is 0.0368. The van der Waals surface area contributed by atoms with Crippen LogP contribution in [0.3, 0.4) is 0 Å². The van der Waals surface area contributed by atoms with Crippen molar-refractivity contribution in [2.24, 2.45) is 10.7 Å². The number of aliphatic imine (C=N–C) groups is 1. The molecule has 0 spiro atoms. The van der Waals surface area contributed by atoms with Crippen molar-refractivity contribution in [2.75, 3.05) is 11.4 Å². The molecule has 3 aromatic rings. The fourth-order valence-corrected chi connectivity index (χ4v) is 3.36. The quantitative estimate of drug-likeness (QED) is 0.642. The number of nitrogens with two attached hydrogens (primary N) is 1. The molecule has 0 saturated carbocycles. The van der Waals surface area contributed by atoms with Crippen LogP contribution in [0.1, 0.15) is 12.0 Å². The molecule has 2 heterocycles. The highest BCUT2D eigenvalue weighted by atomic mass is 16.2. The van der Waals surface area contributed by atoms with E-state index < -0.39 is 29.5 Å².